The van der Waals surface area contributed by atoms with Gasteiger partial charge in [0.25, 0.3) is 0 Å². The summed E-state index contributed by atoms with van der Waals surface area (Å²) in [7, 11) is 1.70. The molecule has 76 valence electrons. The van der Waals surface area contributed by atoms with Crippen molar-refractivity contribution in [3.05, 3.63) is 0 Å². The molecule has 0 saturated carbocycles. The van der Waals surface area contributed by atoms with Crippen molar-refractivity contribution in [2.75, 3.05) is 20.1 Å². The number of likely N-dealkylation sites (tertiary alicyclic amines) is 1. The van der Waals surface area contributed by atoms with E-state index in [-0.39, 0.29) is 11.9 Å². The fourth-order valence-corrected chi connectivity index (χ4v) is 1.95. The number of hydrogen-bond donors (Lipinski definition) is 1. The molecule has 1 amide bonds. The van der Waals surface area contributed by atoms with E-state index in [2.05, 4.69) is 17.1 Å². The lowest BCUT2D eigenvalue weighted by Crippen LogP contribution is -2.47. The second-order valence-corrected chi connectivity index (χ2v) is 4.03. The van der Waals surface area contributed by atoms with Crippen LogP contribution in [-0.4, -0.2) is 37.0 Å². The first kappa shape index (κ1) is 10.5. The van der Waals surface area contributed by atoms with Crippen molar-refractivity contribution in [1.29, 1.82) is 0 Å². The second-order valence-electron chi connectivity index (χ2n) is 4.03. The molecule has 3 nitrogen and oxygen atoms in total. The van der Waals surface area contributed by atoms with Crippen molar-refractivity contribution in [3.8, 4) is 0 Å². The van der Waals surface area contributed by atoms with Gasteiger partial charge in [0.1, 0.15) is 0 Å². The van der Waals surface area contributed by atoms with Gasteiger partial charge >= 0.3 is 0 Å². The minimum absolute atomic E-state index is 0.0350. The molecule has 13 heavy (non-hydrogen) atoms. The van der Waals surface area contributed by atoms with Crippen LogP contribution in [0.1, 0.15) is 26.7 Å². The van der Waals surface area contributed by atoms with Crippen molar-refractivity contribution >= 4 is 5.91 Å². The molecular weight excluding hydrogens is 164 g/mol. The van der Waals surface area contributed by atoms with Crippen LogP contribution >= 0.6 is 0 Å². The van der Waals surface area contributed by atoms with E-state index in [0.29, 0.717) is 0 Å². The van der Waals surface area contributed by atoms with Gasteiger partial charge in [-0.05, 0) is 32.2 Å². The number of likely N-dealkylation sites (N-methyl/N-ethyl adjacent to an activating group) is 1. The maximum absolute atomic E-state index is 11.4. The monoisotopic (exact) mass is 184 g/mol. The van der Waals surface area contributed by atoms with Gasteiger partial charge in [-0.15, -0.1) is 0 Å². The molecule has 0 radical (unpaired) electrons. The number of nitrogens with zero attached hydrogens (tertiary/aromatic N) is 1. The molecule has 1 unspecified atom stereocenters. The smallest absolute Gasteiger partial charge is 0.236 e. The van der Waals surface area contributed by atoms with Gasteiger partial charge < -0.3 is 5.32 Å². The number of carbonyl (C=O) groups excluding carboxylic acids is 1. The summed E-state index contributed by atoms with van der Waals surface area (Å²) in [6, 6.07) is 0.0350. The Labute approximate surface area is 80.5 Å². The topological polar surface area (TPSA) is 32.3 Å². The lowest BCUT2D eigenvalue weighted by molar-refractivity contribution is -0.126. The van der Waals surface area contributed by atoms with Gasteiger partial charge in [-0.3, -0.25) is 9.69 Å². The summed E-state index contributed by atoms with van der Waals surface area (Å²) < 4.78 is 0. The van der Waals surface area contributed by atoms with Gasteiger partial charge in [-0.25, -0.2) is 0 Å². The van der Waals surface area contributed by atoms with Crippen molar-refractivity contribution < 1.29 is 4.79 Å². The number of hydrogen-bond acceptors (Lipinski definition) is 2. The maximum atomic E-state index is 11.4. The Kier molecular flexibility index (Phi) is 3.72. The minimum atomic E-state index is 0.0350. The number of amides is 1. The van der Waals surface area contributed by atoms with Crippen LogP contribution in [0, 0.1) is 5.92 Å². The average Bonchev–Trinajstić information content (AvgIpc) is 2.15. The summed E-state index contributed by atoms with van der Waals surface area (Å²) in [5.41, 5.74) is 0. The standard InChI is InChI=1S/C10H20N2O/c1-8-5-4-6-12(7-8)9(2)10(13)11-3/h8-9H,4-7H2,1-3H3,(H,11,13)/t8-,9?/m0/s1. The van der Waals surface area contributed by atoms with Crippen molar-refractivity contribution in [2.24, 2.45) is 5.92 Å². The Morgan fingerprint density at radius 1 is 1.62 bits per heavy atom. The Hall–Kier alpha value is -0.570. The Balaban J connectivity index is 2.45. The Morgan fingerprint density at radius 2 is 2.31 bits per heavy atom. The first-order valence-electron chi connectivity index (χ1n) is 5.10. The molecule has 0 aromatic carbocycles. The SMILES string of the molecule is CNC(=O)C(C)N1CCC[C@H](C)C1. The first-order chi connectivity index (χ1) is 6.15. The predicted octanol–water partition coefficient (Wildman–Crippen LogP) is 0.853. The van der Waals surface area contributed by atoms with E-state index in [1.165, 1.54) is 12.8 Å². The van der Waals surface area contributed by atoms with Gasteiger partial charge in [-0.2, -0.15) is 0 Å². The minimum Gasteiger partial charge on any atom is -0.358 e. The highest BCUT2D eigenvalue weighted by atomic mass is 16.2. The highest BCUT2D eigenvalue weighted by molar-refractivity contribution is 5.80. The van der Waals surface area contributed by atoms with Crippen LogP contribution in [0.25, 0.3) is 0 Å². The molecule has 1 aliphatic heterocycles. The molecule has 1 saturated heterocycles. The van der Waals surface area contributed by atoms with Crippen LogP contribution in [0.2, 0.25) is 0 Å². The molecule has 0 bridgehead atoms. The fourth-order valence-electron chi connectivity index (χ4n) is 1.95. The van der Waals surface area contributed by atoms with Crippen LogP contribution in [0.4, 0.5) is 0 Å². The zero-order valence-electron chi connectivity index (χ0n) is 8.84. The van der Waals surface area contributed by atoms with E-state index < -0.39 is 0 Å². The summed E-state index contributed by atoms with van der Waals surface area (Å²) >= 11 is 0. The van der Waals surface area contributed by atoms with E-state index in [0.717, 1.165) is 19.0 Å². The third-order valence-electron chi connectivity index (χ3n) is 2.86. The summed E-state index contributed by atoms with van der Waals surface area (Å²) in [5.74, 6) is 0.870. The molecule has 0 aliphatic carbocycles. The van der Waals surface area contributed by atoms with Crippen molar-refractivity contribution in [1.82, 2.24) is 10.2 Å². The Bertz CT molecular complexity index is 182. The lowest BCUT2D eigenvalue weighted by atomic mass is 9.99. The Morgan fingerprint density at radius 3 is 2.85 bits per heavy atom. The normalized spacial score (nSPS) is 26.8. The van der Waals surface area contributed by atoms with E-state index in [4.69, 9.17) is 0 Å². The highest BCUT2D eigenvalue weighted by Gasteiger charge is 2.24. The second kappa shape index (κ2) is 4.61. The van der Waals surface area contributed by atoms with E-state index in [9.17, 15) is 4.79 Å². The van der Waals surface area contributed by atoms with Crippen molar-refractivity contribution in [3.63, 3.8) is 0 Å². The zero-order chi connectivity index (χ0) is 9.84. The first-order valence-corrected chi connectivity index (χ1v) is 5.10. The molecule has 2 atom stereocenters. The van der Waals surface area contributed by atoms with Gasteiger partial charge in [0.2, 0.25) is 5.91 Å². The number of nitrogens with one attached hydrogen (secondary N) is 1. The molecule has 1 heterocycles. The van der Waals surface area contributed by atoms with E-state index in [1.807, 2.05) is 6.92 Å². The van der Waals surface area contributed by atoms with Crippen LogP contribution in [0.3, 0.4) is 0 Å². The third-order valence-corrected chi connectivity index (χ3v) is 2.86. The number of carbonyl (C=O) groups is 1. The third kappa shape index (κ3) is 2.69. The zero-order valence-corrected chi connectivity index (χ0v) is 8.84. The molecule has 0 aromatic heterocycles. The summed E-state index contributed by atoms with van der Waals surface area (Å²) in [6.45, 7) is 6.37. The van der Waals surface area contributed by atoms with Gasteiger partial charge in [0, 0.05) is 13.6 Å². The molecule has 1 aliphatic rings. The number of rotatable bonds is 2. The van der Waals surface area contributed by atoms with Crippen LogP contribution in [0.5, 0.6) is 0 Å². The van der Waals surface area contributed by atoms with E-state index in [1.54, 1.807) is 7.05 Å². The lowest BCUT2D eigenvalue weighted by Gasteiger charge is -2.34. The van der Waals surface area contributed by atoms with Gasteiger partial charge in [0.05, 0.1) is 6.04 Å². The molecule has 1 N–H and O–H groups in total. The summed E-state index contributed by atoms with van der Waals surface area (Å²) in [5, 5.41) is 2.70. The highest BCUT2D eigenvalue weighted by Crippen LogP contribution is 2.17. The fraction of sp³-hybridized carbons (Fsp3) is 0.900. The summed E-state index contributed by atoms with van der Waals surface area (Å²) in [4.78, 5) is 13.6. The maximum Gasteiger partial charge on any atom is 0.236 e. The molecule has 1 rings (SSSR count). The molecular formula is C10H20N2O. The quantitative estimate of drug-likeness (QED) is 0.690. The molecule has 1 fully saturated rings. The van der Waals surface area contributed by atoms with Gasteiger partial charge in [-0.1, -0.05) is 6.92 Å². The average molecular weight is 184 g/mol. The van der Waals surface area contributed by atoms with Crippen molar-refractivity contribution in [2.45, 2.75) is 32.7 Å². The molecule has 0 aromatic rings. The van der Waals surface area contributed by atoms with Crippen LogP contribution in [-0.2, 0) is 4.79 Å². The van der Waals surface area contributed by atoms with Gasteiger partial charge in [0.15, 0.2) is 0 Å². The van der Waals surface area contributed by atoms with E-state index >= 15 is 0 Å². The molecule has 3 heteroatoms. The number of piperidine rings is 1. The summed E-state index contributed by atoms with van der Waals surface area (Å²) in [6.07, 6.45) is 2.53. The predicted molar refractivity (Wildman–Crippen MR) is 53.5 cm³/mol. The molecule has 0 spiro atoms. The van der Waals surface area contributed by atoms with Crippen LogP contribution in [0.15, 0.2) is 0 Å². The van der Waals surface area contributed by atoms with Crippen LogP contribution < -0.4 is 5.32 Å². The largest absolute Gasteiger partial charge is 0.358 e.